The van der Waals surface area contributed by atoms with Crippen molar-refractivity contribution in [1.29, 1.82) is 0 Å². The van der Waals surface area contributed by atoms with Gasteiger partial charge < -0.3 is 9.64 Å². The summed E-state index contributed by atoms with van der Waals surface area (Å²) in [5.41, 5.74) is 0. The van der Waals surface area contributed by atoms with Gasteiger partial charge in [-0.3, -0.25) is 4.79 Å². The maximum Gasteiger partial charge on any atom is 0.263 e. The Balaban J connectivity index is 1.56. The zero-order valence-electron chi connectivity index (χ0n) is 14.2. The quantitative estimate of drug-likeness (QED) is 0.732. The Labute approximate surface area is 161 Å². The first-order chi connectivity index (χ1) is 11.9. The predicted octanol–water partition coefficient (Wildman–Crippen LogP) is 4.93. The number of aryl methyl sites for hydroxylation is 1. The Hall–Kier alpha value is -1.30. The summed E-state index contributed by atoms with van der Waals surface area (Å²) in [6.45, 7) is 5.28. The Kier molecular flexibility index (Phi) is 5.87. The molecule has 1 fully saturated rings. The molecule has 3 rings (SSSR count). The predicted molar refractivity (Wildman–Crippen MR) is 102 cm³/mol. The van der Waals surface area contributed by atoms with Crippen LogP contribution >= 0.6 is 34.5 Å². The van der Waals surface area contributed by atoms with Crippen molar-refractivity contribution in [2.24, 2.45) is 0 Å². The normalized spacial score (nSPS) is 16.7. The minimum atomic E-state index is -0.586. The number of ether oxygens (including phenoxy) is 1. The summed E-state index contributed by atoms with van der Waals surface area (Å²) in [6, 6.07) is 4.99. The molecule has 2 heterocycles. The highest BCUT2D eigenvalue weighted by Crippen LogP contribution is 2.32. The fourth-order valence-corrected chi connectivity index (χ4v) is 4.37. The molecule has 1 amide bonds. The minimum absolute atomic E-state index is 0.0141. The second-order valence-electron chi connectivity index (χ2n) is 6.24. The van der Waals surface area contributed by atoms with Gasteiger partial charge in [0.2, 0.25) is 0 Å². The van der Waals surface area contributed by atoms with Crippen LogP contribution in [0.2, 0.25) is 10.0 Å². The molecular weight excluding hydrogens is 379 g/mol. The summed E-state index contributed by atoms with van der Waals surface area (Å²) in [6.07, 6.45) is 3.21. The number of carbonyl (C=O) groups is 1. The number of halogens is 2. The van der Waals surface area contributed by atoms with Crippen LogP contribution in [0, 0.1) is 6.92 Å². The molecule has 1 aromatic heterocycles. The van der Waals surface area contributed by atoms with Crippen molar-refractivity contribution in [3.8, 4) is 5.75 Å². The lowest BCUT2D eigenvalue weighted by Crippen LogP contribution is -2.44. The van der Waals surface area contributed by atoms with E-state index >= 15 is 0 Å². The summed E-state index contributed by atoms with van der Waals surface area (Å²) >= 11 is 13.7. The van der Waals surface area contributed by atoms with Crippen molar-refractivity contribution in [3.63, 3.8) is 0 Å². The first kappa shape index (κ1) is 18.5. The summed E-state index contributed by atoms with van der Waals surface area (Å²) in [5, 5.41) is 2.13. The van der Waals surface area contributed by atoms with E-state index in [9.17, 15) is 4.79 Å². The fourth-order valence-electron chi connectivity index (χ4n) is 2.98. The third-order valence-corrected chi connectivity index (χ3v) is 5.95. The maximum absolute atomic E-state index is 12.6. The molecule has 1 unspecified atom stereocenters. The van der Waals surface area contributed by atoms with Crippen LogP contribution in [0.1, 0.15) is 35.6 Å². The highest BCUT2D eigenvalue weighted by Gasteiger charge is 2.29. The first-order valence-corrected chi connectivity index (χ1v) is 9.84. The number of carbonyl (C=O) groups excluding carboxylic acids is 1. The van der Waals surface area contributed by atoms with E-state index in [1.807, 2.05) is 11.1 Å². The summed E-state index contributed by atoms with van der Waals surface area (Å²) < 4.78 is 5.74. The molecule has 1 aliphatic rings. The van der Waals surface area contributed by atoms with Crippen molar-refractivity contribution in [1.82, 2.24) is 9.88 Å². The molecule has 134 valence electrons. The van der Waals surface area contributed by atoms with E-state index in [1.165, 1.54) is 9.88 Å². The number of aromatic nitrogens is 1. The van der Waals surface area contributed by atoms with E-state index in [2.05, 4.69) is 11.9 Å². The van der Waals surface area contributed by atoms with Gasteiger partial charge in [-0.1, -0.05) is 23.2 Å². The molecule has 7 heteroatoms. The Morgan fingerprint density at radius 3 is 2.68 bits per heavy atom. The summed E-state index contributed by atoms with van der Waals surface area (Å²) in [5.74, 6) is 0.907. The largest absolute Gasteiger partial charge is 0.479 e. The number of hydrogen-bond donors (Lipinski definition) is 0. The van der Waals surface area contributed by atoms with Gasteiger partial charge in [0.05, 0.1) is 10.0 Å². The number of thiazole rings is 1. The first-order valence-electron chi connectivity index (χ1n) is 8.27. The van der Waals surface area contributed by atoms with E-state index in [0.29, 0.717) is 21.7 Å². The monoisotopic (exact) mass is 398 g/mol. The zero-order valence-corrected chi connectivity index (χ0v) is 16.5. The maximum atomic E-state index is 12.6. The Bertz CT molecular complexity index is 757. The lowest BCUT2D eigenvalue weighted by Gasteiger charge is -2.32. The van der Waals surface area contributed by atoms with Crippen molar-refractivity contribution < 1.29 is 9.53 Å². The van der Waals surface area contributed by atoms with Crippen molar-refractivity contribution in [2.75, 3.05) is 13.1 Å². The second-order valence-corrected chi connectivity index (χ2v) is 8.35. The summed E-state index contributed by atoms with van der Waals surface area (Å²) in [7, 11) is 0. The van der Waals surface area contributed by atoms with Gasteiger partial charge in [-0.25, -0.2) is 4.98 Å². The minimum Gasteiger partial charge on any atom is -0.479 e. The highest BCUT2D eigenvalue weighted by atomic mass is 35.5. The van der Waals surface area contributed by atoms with Gasteiger partial charge in [0.15, 0.2) is 6.10 Å². The van der Waals surface area contributed by atoms with Crippen LogP contribution in [0.25, 0.3) is 0 Å². The van der Waals surface area contributed by atoms with Crippen LogP contribution in [-0.4, -0.2) is 35.0 Å². The molecule has 1 aliphatic heterocycles. The van der Waals surface area contributed by atoms with Crippen LogP contribution in [0.5, 0.6) is 5.75 Å². The van der Waals surface area contributed by atoms with E-state index in [0.717, 1.165) is 25.9 Å². The van der Waals surface area contributed by atoms with Crippen molar-refractivity contribution in [3.05, 3.63) is 44.3 Å². The molecule has 0 saturated carbocycles. The molecular formula is C18H20Cl2N2O2S. The third kappa shape index (κ3) is 4.46. The van der Waals surface area contributed by atoms with Gasteiger partial charge in [-0.15, -0.1) is 11.3 Å². The van der Waals surface area contributed by atoms with Crippen molar-refractivity contribution in [2.45, 2.75) is 38.7 Å². The topological polar surface area (TPSA) is 42.4 Å². The molecule has 25 heavy (non-hydrogen) atoms. The van der Waals surface area contributed by atoms with Crippen LogP contribution < -0.4 is 4.74 Å². The average molecular weight is 399 g/mol. The molecule has 0 bridgehead atoms. The fraction of sp³-hybridized carbons (Fsp3) is 0.444. The van der Waals surface area contributed by atoms with Gasteiger partial charge in [0.1, 0.15) is 5.75 Å². The average Bonchev–Trinajstić information content (AvgIpc) is 3.03. The third-order valence-electron chi connectivity index (χ3n) is 4.34. The lowest BCUT2D eigenvalue weighted by molar-refractivity contribution is -0.139. The number of hydrogen-bond acceptors (Lipinski definition) is 4. The van der Waals surface area contributed by atoms with Crippen LogP contribution in [0.4, 0.5) is 0 Å². The van der Waals surface area contributed by atoms with Crippen LogP contribution in [0.3, 0.4) is 0 Å². The van der Waals surface area contributed by atoms with Gasteiger partial charge in [0, 0.05) is 35.1 Å². The molecule has 0 radical (unpaired) electrons. The van der Waals surface area contributed by atoms with Gasteiger partial charge in [0.25, 0.3) is 5.91 Å². The highest BCUT2D eigenvalue weighted by molar-refractivity contribution is 7.11. The molecule has 1 atom stereocenters. The SMILES string of the molecule is Cc1cnc(C2CCN(C(=O)C(C)Oc3ccc(Cl)cc3Cl)CC2)s1. The molecule has 4 nitrogen and oxygen atoms in total. The van der Waals surface area contributed by atoms with Gasteiger partial charge in [-0.2, -0.15) is 0 Å². The van der Waals surface area contributed by atoms with Crippen molar-refractivity contribution >= 4 is 40.4 Å². The van der Waals surface area contributed by atoms with Gasteiger partial charge >= 0.3 is 0 Å². The van der Waals surface area contributed by atoms with E-state index in [-0.39, 0.29) is 5.91 Å². The molecule has 0 aliphatic carbocycles. The Morgan fingerprint density at radius 2 is 2.08 bits per heavy atom. The number of nitrogens with zero attached hydrogens (tertiary/aromatic N) is 2. The Morgan fingerprint density at radius 1 is 1.36 bits per heavy atom. The van der Waals surface area contributed by atoms with Crippen LogP contribution in [0.15, 0.2) is 24.4 Å². The zero-order chi connectivity index (χ0) is 18.0. The molecule has 1 saturated heterocycles. The van der Waals surface area contributed by atoms with E-state index in [1.54, 1.807) is 36.5 Å². The molecule has 0 spiro atoms. The van der Waals surface area contributed by atoms with E-state index < -0.39 is 6.10 Å². The summed E-state index contributed by atoms with van der Waals surface area (Å²) in [4.78, 5) is 20.2. The number of piperidine rings is 1. The number of amides is 1. The number of likely N-dealkylation sites (tertiary alicyclic amines) is 1. The number of benzene rings is 1. The van der Waals surface area contributed by atoms with Gasteiger partial charge in [-0.05, 0) is 44.9 Å². The second kappa shape index (κ2) is 7.94. The van der Waals surface area contributed by atoms with Crippen LogP contribution in [-0.2, 0) is 4.79 Å². The molecule has 0 N–H and O–H groups in total. The molecule has 2 aromatic rings. The standard InChI is InChI=1S/C18H20Cl2N2O2S/c1-11-10-21-17(25-11)13-5-7-22(8-6-13)18(23)12(2)24-16-4-3-14(19)9-15(16)20/h3-4,9-10,12-13H,5-8H2,1-2H3. The number of rotatable bonds is 4. The van der Waals surface area contributed by atoms with E-state index in [4.69, 9.17) is 27.9 Å². The lowest BCUT2D eigenvalue weighted by atomic mass is 9.97. The molecule has 1 aromatic carbocycles. The smallest absolute Gasteiger partial charge is 0.263 e.